The average Bonchev–Trinajstić information content (AvgIpc) is 2.99. The summed E-state index contributed by atoms with van der Waals surface area (Å²) in [6.45, 7) is 4.26. The molecule has 8 heteroatoms. The van der Waals surface area contributed by atoms with Crippen LogP contribution in [0.1, 0.15) is 20.3 Å². The number of amidine groups is 1. The molecule has 0 aromatic heterocycles. The van der Waals surface area contributed by atoms with E-state index in [4.69, 9.17) is 4.74 Å². The lowest BCUT2D eigenvalue weighted by atomic mass is 10.2. The second-order valence-corrected chi connectivity index (χ2v) is 9.10. The first-order chi connectivity index (χ1) is 11.4. The maximum absolute atomic E-state index is 12.0. The van der Waals surface area contributed by atoms with Gasteiger partial charge in [0, 0.05) is 17.4 Å². The minimum Gasteiger partial charge on any atom is -0.494 e. The number of carbonyl (C=O) groups is 1. The molecule has 6 nitrogen and oxygen atoms in total. The monoisotopic (exact) mass is 368 g/mol. The van der Waals surface area contributed by atoms with Crippen LogP contribution in [0, 0.1) is 0 Å². The first-order valence-electron chi connectivity index (χ1n) is 7.94. The molecule has 2 aliphatic rings. The molecule has 2 unspecified atom stereocenters. The highest BCUT2D eigenvalue weighted by Crippen LogP contribution is 2.41. The molecule has 0 bridgehead atoms. The molecule has 2 heterocycles. The van der Waals surface area contributed by atoms with E-state index in [1.165, 1.54) is 11.8 Å². The van der Waals surface area contributed by atoms with Gasteiger partial charge in [0.2, 0.25) is 5.91 Å². The summed E-state index contributed by atoms with van der Waals surface area (Å²) in [4.78, 5) is 17.8. The summed E-state index contributed by atoms with van der Waals surface area (Å²) in [6.07, 6.45) is 0.328. The summed E-state index contributed by atoms with van der Waals surface area (Å²) in [5.74, 6) is 0.787. The van der Waals surface area contributed by atoms with Crippen LogP contribution >= 0.6 is 11.8 Å². The van der Waals surface area contributed by atoms with Gasteiger partial charge in [0.25, 0.3) is 0 Å². The third-order valence-electron chi connectivity index (χ3n) is 4.02. The van der Waals surface area contributed by atoms with Gasteiger partial charge in [0.15, 0.2) is 15.0 Å². The molecule has 0 radical (unpaired) electrons. The maximum Gasteiger partial charge on any atom is 0.247 e. The number of hydrogen-bond acceptors (Lipinski definition) is 5. The zero-order valence-corrected chi connectivity index (χ0v) is 15.3. The number of hydrogen-bond donors (Lipinski definition) is 0. The lowest BCUT2D eigenvalue weighted by molar-refractivity contribution is -0.117. The number of benzene rings is 1. The Morgan fingerprint density at radius 1 is 1.29 bits per heavy atom. The van der Waals surface area contributed by atoms with Gasteiger partial charge in [-0.2, -0.15) is 4.99 Å². The molecule has 2 aliphatic heterocycles. The van der Waals surface area contributed by atoms with Crippen LogP contribution in [0.25, 0.3) is 0 Å². The van der Waals surface area contributed by atoms with Crippen molar-refractivity contribution in [1.29, 1.82) is 0 Å². The van der Waals surface area contributed by atoms with E-state index >= 15 is 0 Å². The smallest absolute Gasteiger partial charge is 0.247 e. The summed E-state index contributed by atoms with van der Waals surface area (Å²) in [5, 5.41) is 0.515. The van der Waals surface area contributed by atoms with Gasteiger partial charge in [0.05, 0.1) is 24.2 Å². The highest BCUT2D eigenvalue weighted by molar-refractivity contribution is 8.16. The second-order valence-electron chi connectivity index (χ2n) is 5.74. The second kappa shape index (κ2) is 6.76. The fourth-order valence-electron chi connectivity index (χ4n) is 2.92. The fourth-order valence-corrected chi connectivity index (χ4v) is 6.85. The van der Waals surface area contributed by atoms with Crippen molar-refractivity contribution in [3.63, 3.8) is 0 Å². The van der Waals surface area contributed by atoms with Gasteiger partial charge >= 0.3 is 0 Å². The normalized spacial score (nSPS) is 26.6. The van der Waals surface area contributed by atoms with E-state index < -0.39 is 9.84 Å². The first kappa shape index (κ1) is 17.3. The molecule has 0 N–H and O–H groups in total. The molecule has 0 spiro atoms. The van der Waals surface area contributed by atoms with Crippen LogP contribution in [0.5, 0.6) is 5.75 Å². The molecular formula is C16H20N2O4S2. The van der Waals surface area contributed by atoms with Crippen LogP contribution < -0.4 is 9.64 Å². The van der Waals surface area contributed by atoms with Crippen LogP contribution in [0.2, 0.25) is 0 Å². The summed E-state index contributed by atoms with van der Waals surface area (Å²) in [6, 6.07) is 7.27. The highest BCUT2D eigenvalue weighted by atomic mass is 32.2. The highest BCUT2D eigenvalue weighted by Gasteiger charge is 2.49. The predicted molar refractivity (Wildman–Crippen MR) is 96.6 cm³/mol. The molecule has 0 saturated carbocycles. The lowest BCUT2D eigenvalue weighted by Gasteiger charge is -2.24. The third-order valence-corrected chi connectivity index (χ3v) is 7.23. The Bertz CT molecular complexity index is 759. The van der Waals surface area contributed by atoms with E-state index in [-0.39, 0.29) is 28.7 Å². The molecule has 3 rings (SSSR count). The van der Waals surface area contributed by atoms with Crippen molar-refractivity contribution in [3.05, 3.63) is 24.3 Å². The fraction of sp³-hybridized carbons (Fsp3) is 0.500. The van der Waals surface area contributed by atoms with Gasteiger partial charge in [-0.05, 0) is 31.2 Å². The molecule has 2 atom stereocenters. The number of fused-ring (bicyclic) bond motifs is 1. The van der Waals surface area contributed by atoms with Crippen LogP contribution in [0.4, 0.5) is 5.69 Å². The zero-order valence-electron chi connectivity index (χ0n) is 13.6. The topological polar surface area (TPSA) is 76.0 Å². The van der Waals surface area contributed by atoms with E-state index in [9.17, 15) is 13.2 Å². The predicted octanol–water partition coefficient (Wildman–Crippen LogP) is 2.10. The van der Waals surface area contributed by atoms with Crippen molar-refractivity contribution < 1.29 is 17.9 Å². The number of sulfone groups is 1. The number of anilines is 1. The average molecular weight is 368 g/mol. The van der Waals surface area contributed by atoms with E-state index in [2.05, 4.69) is 4.99 Å². The van der Waals surface area contributed by atoms with Crippen molar-refractivity contribution in [2.24, 2.45) is 4.99 Å². The number of rotatable bonds is 4. The summed E-state index contributed by atoms with van der Waals surface area (Å²) >= 11 is 1.39. The molecule has 2 fully saturated rings. The lowest BCUT2D eigenvalue weighted by Crippen LogP contribution is -2.37. The standard InChI is InChI=1S/C16H20N2O4S2/c1-3-15(19)17-16-18(11-5-7-12(8-6-11)22-4-2)13-9-24(20,21)10-14(13)23-16/h5-8,13-14H,3-4,9-10H2,1-2H3. The number of aliphatic imine (C=N–C) groups is 1. The molecule has 1 aromatic rings. The number of thioether (sulfide) groups is 1. The van der Waals surface area contributed by atoms with E-state index in [0.717, 1.165) is 11.4 Å². The number of carbonyl (C=O) groups excluding carboxylic acids is 1. The Labute approximate surface area is 146 Å². The van der Waals surface area contributed by atoms with E-state index in [1.54, 1.807) is 6.92 Å². The molecule has 1 amide bonds. The molecule has 130 valence electrons. The van der Waals surface area contributed by atoms with Crippen molar-refractivity contribution in [1.82, 2.24) is 0 Å². The van der Waals surface area contributed by atoms with Crippen molar-refractivity contribution in [2.75, 3.05) is 23.0 Å². The molecule has 2 saturated heterocycles. The Balaban J connectivity index is 1.95. The van der Waals surface area contributed by atoms with E-state index in [0.29, 0.717) is 18.2 Å². The van der Waals surface area contributed by atoms with Crippen LogP contribution in [0.15, 0.2) is 29.3 Å². The Morgan fingerprint density at radius 2 is 2.00 bits per heavy atom. The quantitative estimate of drug-likeness (QED) is 0.810. The van der Waals surface area contributed by atoms with Gasteiger partial charge < -0.3 is 9.64 Å². The summed E-state index contributed by atoms with van der Waals surface area (Å²) in [5.41, 5.74) is 0.832. The third kappa shape index (κ3) is 3.44. The van der Waals surface area contributed by atoms with Gasteiger partial charge in [-0.25, -0.2) is 8.42 Å². The van der Waals surface area contributed by atoms with Gasteiger partial charge in [0.1, 0.15) is 5.75 Å². The summed E-state index contributed by atoms with van der Waals surface area (Å²) < 4.78 is 29.4. The van der Waals surface area contributed by atoms with Crippen LogP contribution in [0.3, 0.4) is 0 Å². The molecule has 24 heavy (non-hydrogen) atoms. The first-order valence-corrected chi connectivity index (χ1v) is 10.6. The number of ether oxygens (including phenoxy) is 1. The van der Waals surface area contributed by atoms with Crippen molar-refractivity contribution in [3.8, 4) is 5.75 Å². The van der Waals surface area contributed by atoms with Gasteiger partial charge in [-0.3, -0.25) is 4.79 Å². The van der Waals surface area contributed by atoms with Crippen LogP contribution in [-0.4, -0.2) is 48.9 Å². The molecular weight excluding hydrogens is 348 g/mol. The number of amides is 1. The largest absolute Gasteiger partial charge is 0.494 e. The van der Waals surface area contributed by atoms with Crippen molar-refractivity contribution in [2.45, 2.75) is 31.6 Å². The zero-order chi connectivity index (χ0) is 17.3. The number of nitrogens with zero attached hydrogens (tertiary/aromatic N) is 2. The molecule has 1 aromatic carbocycles. The Kier molecular flexibility index (Phi) is 4.87. The minimum atomic E-state index is -3.05. The molecule has 0 aliphatic carbocycles. The van der Waals surface area contributed by atoms with E-state index in [1.807, 2.05) is 36.1 Å². The SMILES string of the molecule is CCOc1ccc(N2C(=NC(=O)CC)SC3CS(=O)(=O)CC32)cc1. The van der Waals surface area contributed by atoms with Gasteiger partial charge in [-0.1, -0.05) is 18.7 Å². The van der Waals surface area contributed by atoms with Crippen LogP contribution in [-0.2, 0) is 14.6 Å². The summed E-state index contributed by atoms with van der Waals surface area (Å²) in [7, 11) is -3.05. The minimum absolute atomic E-state index is 0.0787. The van der Waals surface area contributed by atoms with Gasteiger partial charge in [-0.15, -0.1) is 0 Å². The van der Waals surface area contributed by atoms with Crippen molar-refractivity contribution >= 4 is 38.4 Å². The Morgan fingerprint density at radius 3 is 2.62 bits per heavy atom. The maximum atomic E-state index is 12.0. The Hall–Kier alpha value is -1.54.